The van der Waals surface area contributed by atoms with E-state index >= 15 is 0 Å². The van der Waals surface area contributed by atoms with Crippen LogP contribution in [0.1, 0.15) is 37.7 Å². The molecule has 0 unspecified atom stereocenters. The first-order valence-electron chi connectivity index (χ1n) is 11.3. The number of hydrogen-bond donors (Lipinski definition) is 1. The summed E-state index contributed by atoms with van der Waals surface area (Å²) in [6.45, 7) is 2.46. The van der Waals surface area contributed by atoms with Crippen LogP contribution in [0.5, 0.6) is 5.75 Å². The Labute approximate surface area is 184 Å². The molecule has 0 aliphatic carbocycles. The fourth-order valence-electron chi connectivity index (χ4n) is 4.59. The monoisotopic (exact) mass is 421 g/mol. The molecule has 2 aromatic carbocycles. The number of para-hydroxylation sites is 1. The third-order valence-electron chi connectivity index (χ3n) is 6.21. The molecule has 0 bridgehead atoms. The molecule has 0 aromatic heterocycles. The van der Waals surface area contributed by atoms with Gasteiger partial charge in [0.15, 0.2) is 0 Å². The van der Waals surface area contributed by atoms with Crippen molar-refractivity contribution in [2.45, 2.75) is 50.7 Å². The predicted molar refractivity (Wildman–Crippen MR) is 120 cm³/mol. The van der Waals surface area contributed by atoms with E-state index in [4.69, 9.17) is 4.74 Å². The number of carbonyl (C=O) groups is 2. The van der Waals surface area contributed by atoms with Crippen molar-refractivity contribution in [1.82, 2.24) is 15.1 Å². The summed E-state index contributed by atoms with van der Waals surface area (Å²) in [7, 11) is 0. The van der Waals surface area contributed by atoms with E-state index in [1.807, 2.05) is 65.6 Å². The highest BCUT2D eigenvalue weighted by Gasteiger charge is 2.39. The van der Waals surface area contributed by atoms with Gasteiger partial charge in [-0.25, -0.2) is 4.79 Å². The van der Waals surface area contributed by atoms with Crippen molar-refractivity contribution in [3.8, 4) is 5.75 Å². The molecule has 0 spiro atoms. The van der Waals surface area contributed by atoms with Crippen LogP contribution in [-0.4, -0.2) is 53.5 Å². The summed E-state index contributed by atoms with van der Waals surface area (Å²) in [6.07, 6.45) is 4.42. The fraction of sp³-hybridized carbons (Fsp3) is 0.440. The summed E-state index contributed by atoms with van der Waals surface area (Å²) >= 11 is 0. The van der Waals surface area contributed by atoms with Gasteiger partial charge in [-0.05, 0) is 43.4 Å². The molecule has 1 N–H and O–H groups in total. The van der Waals surface area contributed by atoms with Crippen LogP contribution in [0.25, 0.3) is 0 Å². The Morgan fingerprint density at radius 2 is 1.58 bits per heavy atom. The van der Waals surface area contributed by atoms with E-state index in [0.29, 0.717) is 19.7 Å². The molecular formula is C25H31N3O3. The van der Waals surface area contributed by atoms with Crippen molar-refractivity contribution in [3.63, 3.8) is 0 Å². The molecule has 31 heavy (non-hydrogen) atoms. The molecule has 3 amide bonds. The first-order chi connectivity index (χ1) is 15.2. The lowest BCUT2D eigenvalue weighted by Gasteiger charge is -2.31. The summed E-state index contributed by atoms with van der Waals surface area (Å²) in [6, 6.07) is 19.3. The van der Waals surface area contributed by atoms with Crippen LogP contribution in [0.4, 0.5) is 4.79 Å². The van der Waals surface area contributed by atoms with E-state index in [1.54, 1.807) is 4.90 Å². The molecule has 4 rings (SSSR count). The lowest BCUT2D eigenvalue weighted by Crippen LogP contribution is -2.51. The molecule has 0 radical (unpaired) electrons. The first-order valence-corrected chi connectivity index (χ1v) is 11.3. The van der Waals surface area contributed by atoms with Crippen molar-refractivity contribution < 1.29 is 14.3 Å². The van der Waals surface area contributed by atoms with Crippen LogP contribution in [0, 0.1) is 0 Å². The number of nitrogens with one attached hydrogen (secondary N) is 1. The van der Waals surface area contributed by atoms with Gasteiger partial charge in [-0.2, -0.15) is 0 Å². The minimum Gasteiger partial charge on any atom is -0.494 e. The van der Waals surface area contributed by atoms with Crippen molar-refractivity contribution >= 4 is 11.9 Å². The second kappa shape index (κ2) is 10.3. The van der Waals surface area contributed by atoms with Gasteiger partial charge in [0.05, 0.1) is 6.61 Å². The summed E-state index contributed by atoms with van der Waals surface area (Å²) in [4.78, 5) is 29.8. The Morgan fingerprint density at radius 3 is 2.35 bits per heavy atom. The van der Waals surface area contributed by atoms with Gasteiger partial charge in [0.25, 0.3) is 0 Å². The molecule has 2 aliphatic rings. The average Bonchev–Trinajstić information content (AvgIpc) is 3.48. The van der Waals surface area contributed by atoms with Crippen LogP contribution in [0.2, 0.25) is 0 Å². The number of nitrogens with zero attached hydrogens (tertiary/aromatic N) is 2. The molecule has 2 aromatic rings. The molecule has 6 heteroatoms. The van der Waals surface area contributed by atoms with Crippen molar-refractivity contribution in [2.24, 2.45) is 0 Å². The van der Waals surface area contributed by atoms with E-state index in [2.05, 4.69) is 5.32 Å². The fourth-order valence-corrected chi connectivity index (χ4v) is 4.59. The first kappa shape index (κ1) is 21.2. The second-order valence-electron chi connectivity index (χ2n) is 8.27. The molecule has 2 saturated heterocycles. The summed E-state index contributed by atoms with van der Waals surface area (Å²) in [5, 5.41) is 2.98. The Kier molecular flexibility index (Phi) is 7.07. The number of carbonyl (C=O) groups excluding carboxylic acids is 2. The number of amides is 3. The highest BCUT2D eigenvalue weighted by molar-refractivity contribution is 5.88. The Bertz CT molecular complexity index is 859. The largest absolute Gasteiger partial charge is 0.494 e. The zero-order valence-corrected chi connectivity index (χ0v) is 17.9. The maximum absolute atomic E-state index is 13.3. The average molecular weight is 422 g/mol. The Morgan fingerprint density at radius 1 is 0.903 bits per heavy atom. The normalized spacial score (nSPS) is 20.6. The maximum Gasteiger partial charge on any atom is 0.318 e. The number of ether oxygens (including phenoxy) is 1. The molecule has 0 saturated carbocycles. The van der Waals surface area contributed by atoms with Crippen molar-refractivity contribution in [3.05, 3.63) is 66.2 Å². The van der Waals surface area contributed by atoms with Gasteiger partial charge in [0, 0.05) is 32.1 Å². The number of rotatable bonds is 7. The van der Waals surface area contributed by atoms with Gasteiger partial charge in [0.2, 0.25) is 5.91 Å². The van der Waals surface area contributed by atoms with Crippen molar-refractivity contribution in [1.29, 1.82) is 0 Å². The Hall–Kier alpha value is -3.02. The third-order valence-corrected chi connectivity index (χ3v) is 6.21. The molecule has 2 heterocycles. The summed E-state index contributed by atoms with van der Waals surface area (Å²) in [5.74, 6) is 0.949. The van der Waals surface area contributed by atoms with Gasteiger partial charge >= 0.3 is 6.03 Å². The van der Waals surface area contributed by atoms with E-state index < -0.39 is 0 Å². The SMILES string of the molecule is O=C([C@@H]1CCCN1C(=O)NCc1ccccc1)N1CCC[C@H]1CCOc1ccccc1. The lowest BCUT2D eigenvalue weighted by molar-refractivity contribution is -0.136. The van der Waals surface area contributed by atoms with Crippen LogP contribution in [-0.2, 0) is 11.3 Å². The van der Waals surface area contributed by atoms with Crippen LogP contribution >= 0.6 is 0 Å². The van der Waals surface area contributed by atoms with E-state index in [-0.39, 0.29) is 24.0 Å². The number of likely N-dealkylation sites (tertiary alicyclic amines) is 2. The maximum atomic E-state index is 13.3. The predicted octanol–water partition coefficient (Wildman–Crippen LogP) is 3.82. The quantitative estimate of drug-likeness (QED) is 0.739. The Balaban J connectivity index is 1.30. The third kappa shape index (κ3) is 5.37. The highest BCUT2D eigenvalue weighted by Crippen LogP contribution is 2.26. The highest BCUT2D eigenvalue weighted by atomic mass is 16.5. The van der Waals surface area contributed by atoms with Gasteiger partial charge in [-0.1, -0.05) is 48.5 Å². The second-order valence-corrected chi connectivity index (χ2v) is 8.27. The van der Waals surface area contributed by atoms with Crippen LogP contribution in [0.3, 0.4) is 0 Å². The van der Waals surface area contributed by atoms with Gasteiger partial charge < -0.3 is 19.9 Å². The van der Waals surface area contributed by atoms with Crippen LogP contribution < -0.4 is 10.1 Å². The zero-order chi connectivity index (χ0) is 21.5. The molecule has 2 aliphatic heterocycles. The molecule has 2 atom stereocenters. The van der Waals surface area contributed by atoms with Crippen molar-refractivity contribution in [2.75, 3.05) is 19.7 Å². The van der Waals surface area contributed by atoms with E-state index in [1.165, 1.54) is 0 Å². The molecular weight excluding hydrogens is 390 g/mol. The summed E-state index contributed by atoms with van der Waals surface area (Å²) in [5.41, 5.74) is 1.05. The van der Waals surface area contributed by atoms with Crippen LogP contribution in [0.15, 0.2) is 60.7 Å². The molecule has 2 fully saturated rings. The van der Waals surface area contributed by atoms with E-state index in [9.17, 15) is 9.59 Å². The zero-order valence-electron chi connectivity index (χ0n) is 17.9. The molecule has 6 nitrogen and oxygen atoms in total. The smallest absolute Gasteiger partial charge is 0.318 e. The lowest BCUT2D eigenvalue weighted by atomic mass is 10.1. The number of benzene rings is 2. The van der Waals surface area contributed by atoms with E-state index in [0.717, 1.165) is 50.0 Å². The number of hydrogen-bond acceptors (Lipinski definition) is 3. The van der Waals surface area contributed by atoms with Gasteiger partial charge in [0.1, 0.15) is 11.8 Å². The minimum absolute atomic E-state index is 0.0922. The standard InChI is InChI=1S/C25H31N3O3/c29-24(27-16-7-11-21(27)15-18-31-22-12-5-2-6-13-22)23-14-8-17-28(23)25(30)26-19-20-9-3-1-4-10-20/h1-6,9-10,12-13,21,23H,7-8,11,14-19H2,(H,26,30)/t21-,23-/m0/s1. The number of urea groups is 1. The summed E-state index contributed by atoms with van der Waals surface area (Å²) < 4.78 is 5.84. The van der Waals surface area contributed by atoms with Gasteiger partial charge in [-0.3, -0.25) is 4.79 Å². The topological polar surface area (TPSA) is 61.9 Å². The minimum atomic E-state index is -0.355. The molecule has 164 valence electrons. The van der Waals surface area contributed by atoms with Gasteiger partial charge in [-0.15, -0.1) is 0 Å².